The third-order valence-electron chi connectivity index (χ3n) is 3.68. The summed E-state index contributed by atoms with van der Waals surface area (Å²) in [5.74, 6) is -4.23. The second kappa shape index (κ2) is 7.77. The highest BCUT2D eigenvalue weighted by Gasteiger charge is 2.16. The standard InChI is InChI=1S/C19H14F3N3O2/c1-27-15-5-3-2-4-13(15)24-16-10-11(8-9-23-16)19(26)25-14-7-6-12(20)17(21)18(14)22/h2-10H,1H3,(H,23,24)(H,25,26). The number of amides is 1. The number of rotatable bonds is 5. The van der Waals surface area contributed by atoms with E-state index in [1.165, 1.54) is 25.4 Å². The number of anilines is 3. The van der Waals surface area contributed by atoms with Gasteiger partial charge in [0.15, 0.2) is 17.5 Å². The lowest BCUT2D eigenvalue weighted by Gasteiger charge is -2.11. The van der Waals surface area contributed by atoms with E-state index >= 15 is 0 Å². The molecule has 1 amide bonds. The molecule has 0 saturated heterocycles. The van der Waals surface area contributed by atoms with Crippen LogP contribution in [0.4, 0.5) is 30.4 Å². The van der Waals surface area contributed by atoms with Gasteiger partial charge >= 0.3 is 0 Å². The minimum Gasteiger partial charge on any atom is -0.495 e. The molecule has 2 N–H and O–H groups in total. The molecule has 0 unspecified atom stereocenters. The minimum absolute atomic E-state index is 0.145. The van der Waals surface area contributed by atoms with Crippen LogP contribution in [0.1, 0.15) is 10.4 Å². The van der Waals surface area contributed by atoms with Crippen LogP contribution in [0.5, 0.6) is 5.75 Å². The summed E-state index contributed by atoms with van der Waals surface area (Å²) in [5.41, 5.74) is 0.318. The number of carbonyl (C=O) groups excluding carboxylic acids is 1. The molecule has 0 spiro atoms. The van der Waals surface area contributed by atoms with E-state index in [2.05, 4.69) is 15.6 Å². The first-order chi connectivity index (χ1) is 13.0. The maximum absolute atomic E-state index is 13.7. The average molecular weight is 373 g/mol. The van der Waals surface area contributed by atoms with E-state index in [1.807, 2.05) is 0 Å². The Morgan fingerprint density at radius 1 is 1.00 bits per heavy atom. The number of nitrogens with one attached hydrogen (secondary N) is 2. The topological polar surface area (TPSA) is 63.2 Å². The molecule has 3 aromatic rings. The Hall–Kier alpha value is -3.55. The van der Waals surface area contributed by atoms with Crippen molar-refractivity contribution in [3.05, 3.63) is 77.7 Å². The number of aromatic nitrogens is 1. The van der Waals surface area contributed by atoms with E-state index in [-0.39, 0.29) is 5.56 Å². The smallest absolute Gasteiger partial charge is 0.255 e. The van der Waals surface area contributed by atoms with Crippen LogP contribution < -0.4 is 15.4 Å². The molecule has 0 saturated carbocycles. The minimum atomic E-state index is -1.65. The fourth-order valence-corrected chi connectivity index (χ4v) is 2.34. The molecule has 138 valence electrons. The zero-order valence-electron chi connectivity index (χ0n) is 14.1. The Morgan fingerprint density at radius 3 is 2.56 bits per heavy atom. The van der Waals surface area contributed by atoms with Crippen molar-refractivity contribution in [2.75, 3.05) is 17.7 Å². The number of carbonyl (C=O) groups is 1. The molecule has 2 aromatic carbocycles. The van der Waals surface area contributed by atoms with Gasteiger partial charge in [0.25, 0.3) is 5.91 Å². The largest absolute Gasteiger partial charge is 0.495 e. The Morgan fingerprint density at radius 2 is 1.78 bits per heavy atom. The molecule has 0 aliphatic rings. The molecule has 5 nitrogen and oxygen atoms in total. The number of methoxy groups -OCH3 is 1. The van der Waals surface area contributed by atoms with Gasteiger partial charge in [0.05, 0.1) is 18.5 Å². The molecular formula is C19H14F3N3O2. The third-order valence-corrected chi connectivity index (χ3v) is 3.68. The zero-order chi connectivity index (χ0) is 19.4. The highest BCUT2D eigenvalue weighted by atomic mass is 19.2. The molecule has 0 aliphatic heterocycles. The number of pyridine rings is 1. The fourth-order valence-electron chi connectivity index (χ4n) is 2.34. The van der Waals surface area contributed by atoms with Crippen LogP contribution in [0, 0.1) is 17.5 Å². The number of para-hydroxylation sites is 2. The average Bonchev–Trinajstić information content (AvgIpc) is 2.69. The van der Waals surface area contributed by atoms with Crippen LogP contribution in [0.25, 0.3) is 0 Å². The molecule has 0 radical (unpaired) electrons. The van der Waals surface area contributed by atoms with Crippen molar-refractivity contribution < 1.29 is 22.7 Å². The summed E-state index contributed by atoms with van der Waals surface area (Å²) in [5, 5.41) is 5.22. The number of ether oxygens (including phenoxy) is 1. The van der Waals surface area contributed by atoms with Crippen molar-refractivity contribution >= 4 is 23.1 Å². The second-order valence-electron chi connectivity index (χ2n) is 5.43. The quantitative estimate of drug-likeness (QED) is 0.647. The molecule has 0 fully saturated rings. The lowest BCUT2D eigenvalue weighted by atomic mass is 10.2. The van der Waals surface area contributed by atoms with Crippen molar-refractivity contribution in [3.63, 3.8) is 0 Å². The molecule has 0 aliphatic carbocycles. The second-order valence-corrected chi connectivity index (χ2v) is 5.43. The van der Waals surface area contributed by atoms with Crippen LogP contribution in [0.2, 0.25) is 0 Å². The number of benzene rings is 2. The van der Waals surface area contributed by atoms with Crippen molar-refractivity contribution in [2.24, 2.45) is 0 Å². The summed E-state index contributed by atoms with van der Waals surface area (Å²) in [6, 6.07) is 11.6. The summed E-state index contributed by atoms with van der Waals surface area (Å²) in [7, 11) is 1.52. The first-order valence-corrected chi connectivity index (χ1v) is 7.80. The van der Waals surface area contributed by atoms with Gasteiger partial charge in [-0.25, -0.2) is 18.2 Å². The lowest BCUT2D eigenvalue weighted by molar-refractivity contribution is 0.102. The highest BCUT2D eigenvalue weighted by Crippen LogP contribution is 2.26. The lowest BCUT2D eigenvalue weighted by Crippen LogP contribution is -2.14. The fraction of sp³-hybridized carbons (Fsp3) is 0.0526. The van der Waals surface area contributed by atoms with Gasteiger partial charge in [-0.15, -0.1) is 0 Å². The number of nitrogens with zero attached hydrogens (tertiary/aromatic N) is 1. The van der Waals surface area contributed by atoms with Crippen molar-refractivity contribution in [2.45, 2.75) is 0 Å². The van der Waals surface area contributed by atoms with Gasteiger partial charge in [-0.05, 0) is 36.4 Å². The molecule has 3 rings (SSSR count). The SMILES string of the molecule is COc1ccccc1Nc1cc(C(=O)Nc2ccc(F)c(F)c2F)ccn1. The van der Waals surface area contributed by atoms with E-state index < -0.39 is 29.0 Å². The summed E-state index contributed by atoms with van der Waals surface area (Å²) in [4.78, 5) is 16.4. The van der Waals surface area contributed by atoms with Crippen molar-refractivity contribution in [1.82, 2.24) is 4.98 Å². The first kappa shape index (κ1) is 18.2. The first-order valence-electron chi connectivity index (χ1n) is 7.80. The van der Waals surface area contributed by atoms with Gasteiger partial charge in [0.1, 0.15) is 11.6 Å². The Kier molecular flexibility index (Phi) is 5.25. The van der Waals surface area contributed by atoms with Gasteiger partial charge in [0.2, 0.25) is 0 Å². The van der Waals surface area contributed by atoms with Gasteiger partial charge < -0.3 is 15.4 Å². The van der Waals surface area contributed by atoms with Crippen LogP contribution in [0.15, 0.2) is 54.7 Å². The van der Waals surface area contributed by atoms with E-state index in [1.54, 1.807) is 24.3 Å². The van der Waals surface area contributed by atoms with Gasteiger partial charge in [-0.3, -0.25) is 4.79 Å². The molecule has 27 heavy (non-hydrogen) atoms. The van der Waals surface area contributed by atoms with Crippen LogP contribution >= 0.6 is 0 Å². The zero-order valence-corrected chi connectivity index (χ0v) is 14.1. The molecule has 8 heteroatoms. The van der Waals surface area contributed by atoms with Crippen LogP contribution in [0.3, 0.4) is 0 Å². The van der Waals surface area contributed by atoms with E-state index in [9.17, 15) is 18.0 Å². The summed E-state index contributed by atoms with van der Waals surface area (Å²) < 4.78 is 45.2. The van der Waals surface area contributed by atoms with Crippen molar-refractivity contribution in [3.8, 4) is 5.75 Å². The number of hydrogen-bond acceptors (Lipinski definition) is 4. The Bertz CT molecular complexity index is 996. The van der Waals surface area contributed by atoms with Crippen LogP contribution in [-0.4, -0.2) is 18.0 Å². The summed E-state index contributed by atoms with van der Waals surface area (Å²) in [6.45, 7) is 0. The third kappa shape index (κ3) is 4.00. The molecule has 1 aromatic heterocycles. The maximum Gasteiger partial charge on any atom is 0.255 e. The predicted molar refractivity (Wildman–Crippen MR) is 94.8 cm³/mol. The van der Waals surface area contributed by atoms with E-state index in [4.69, 9.17) is 4.74 Å². The van der Waals surface area contributed by atoms with Gasteiger partial charge in [-0.1, -0.05) is 12.1 Å². The van der Waals surface area contributed by atoms with E-state index in [0.717, 1.165) is 12.1 Å². The Labute approximate surface area is 152 Å². The number of halogens is 3. The van der Waals surface area contributed by atoms with Crippen LogP contribution in [-0.2, 0) is 0 Å². The molecular weight excluding hydrogens is 359 g/mol. The highest BCUT2D eigenvalue weighted by molar-refractivity contribution is 6.04. The van der Waals surface area contributed by atoms with Crippen molar-refractivity contribution in [1.29, 1.82) is 0 Å². The summed E-state index contributed by atoms with van der Waals surface area (Å²) in [6.07, 6.45) is 1.38. The summed E-state index contributed by atoms with van der Waals surface area (Å²) >= 11 is 0. The Balaban J connectivity index is 1.81. The van der Waals surface area contributed by atoms with Gasteiger partial charge in [0, 0.05) is 11.8 Å². The van der Waals surface area contributed by atoms with E-state index in [0.29, 0.717) is 17.3 Å². The normalized spacial score (nSPS) is 10.4. The molecule has 0 atom stereocenters. The van der Waals surface area contributed by atoms with Gasteiger partial charge in [-0.2, -0.15) is 0 Å². The number of hydrogen-bond donors (Lipinski definition) is 2. The maximum atomic E-state index is 13.7. The predicted octanol–water partition coefficient (Wildman–Crippen LogP) is 4.50. The molecule has 1 heterocycles. The monoisotopic (exact) mass is 373 g/mol. The molecule has 0 bridgehead atoms.